The van der Waals surface area contributed by atoms with Crippen LogP contribution >= 0.6 is 0 Å². The largest absolute Gasteiger partial charge is 0.349 e. The van der Waals surface area contributed by atoms with Crippen LogP contribution in [0.25, 0.3) is 0 Å². The Morgan fingerprint density at radius 2 is 1.67 bits per heavy atom. The molecule has 0 N–H and O–H groups in total. The first kappa shape index (κ1) is 14.5. The molecular formula is C13H19NO4. The van der Waals surface area contributed by atoms with Gasteiger partial charge in [0.05, 0.1) is 5.92 Å². The Labute approximate surface area is 107 Å². The fourth-order valence-electron chi connectivity index (χ4n) is 2.26. The molecule has 0 aromatic heterocycles. The van der Waals surface area contributed by atoms with Gasteiger partial charge in [0.15, 0.2) is 17.3 Å². The molecule has 0 aliphatic heterocycles. The molecule has 1 saturated carbocycles. The summed E-state index contributed by atoms with van der Waals surface area (Å²) < 4.78 is 0. The van der Waals surface area contributed by atoms with Crippen LogP contribution in [0.3, 0.4) is 0 Å². The SMILES string of the molecule is CCCC(=O)C1C(=O)CC(C(=O)N(C)C)CC1=O. The number of carbonyl (C=O) groups excluding carboxylic acids is 4. The fraction of sp³-hybridized carbons (Fsp3) is 0.692. The van der Waals surface area contributed by atoms with Crippen molar-refractivity contribution in [3.63, 3.8) is 0 Å². The first-order valence-electron chi connectivity index (χ1n) is 6.17. The van der Waals surface area contributed by atoms with Crippen LogP contribution in [-0.4, -0.2) is 42.3 Å². The normalized spacial score (nSPS) is 23.9. The van der Waals surface area contributed by atoms with E-state index in [-0.39, 0.29) is 31.0 Å². The van der Waals surface area contributed by atoms with Gasteiger partial charge in [-0.3, -0.25) is 19.2 Å². The Hall–Kier alpha value is -1.52. The second-order valence-electron chi connectivity index (χ2n) is 4.92. The van der Waals surface area contributed by atoms with E-state index in [1.807, 2.05) is 6.92 Å². The van der Waals surface area contributed by atoms with Crippen molar-refractivity contribution >= 4 is 23.3 Å². The Bertz CT molecular complexity index is 368. The minimum absolute atomic E-state index is 0.00285. The molecule has 0 saturated heterocycles. The van der Waals surface area contributed by atoms with Crippen LogP contribution in [0.1, 0.15) is 32.6 Å². The Morgan fingerprint density at radius 3 is 2.06 bits per heavy atom. The average Bonchev–Trinajstić information content (AvgIpc) is 2.27. The van der Waals surface area contributed by atoms with Crippen molar-refractivity contribution in [3.05, 3.63) is 0 Å². The minimum Gasteiger partial charge on any atom is -0.349 e. The lowest BCUT2D eigenvalue weighted by molar-refractivity contribution is -0.148. The molecule has 0 aromatic rings. The number of hydrogen-bond acceptors (Lipinski definition) is 4. The van der Waals surface area contributed by atoms with E-state index < -0.39 is 23.4 Å². The van der Waals surface area contributed by atoms with Crippen LogP contribution in [0.2, 0.25) is 0 Å². The average molecular weight is 253 g/mol. The summed E-state index contributed by atoms with van der Waals surface area (Å²) in [7, 11) is 3.18. The highest BCUT2D eigenvalue weighted by atomic mass is 16.2. The number of carbonyl (C=O) groups is 4. The third-order valence-corrected chi connectivity index (χ3v) is 3.15. The summed E-state index contributed by atoms with van der Waals surface area (Å²) in [4.78, 5) is 48.5. The van der Waals surface area contributed by atoms with Gasteiger partial charge < -0.3 is 4.90 Å². The summed E-state index contributed by atoms with van der Waals surface area (Å²) in [5, 5.41) is 0. The van der Waals surface area contributed by atoms with Crippen molar-refractivity contribution in [2.75, 3.05) is 14.1 Å². The quantitative estimate of drug-likeness (QED) is 0.688. The van der Waals surface area contributed by atoms with Crippen molar-refractivity contribution < 1.29 is 19.2 Å². The molecule has 0 aromatic carbocycles. The maximum Gasteiger partial charge on any atom is 0.226 e. The van der Waals surface area contributed by atoms with Crippen molar-refractivity contribution in [3.8, 4) is 0 Å². The topological polar surface area (TPSA) is 71.5 Å². The zero-order valence-corrected chi connectivity index (χ0v) is 11.1. The lowest BCUT2D eigenvalue weighted by Gasteiger charge is -2.26. The molecule has 0 bridgehead atoms. The van der Waals surface area contributed by atoms with Crippen LogP contribution < -0.4 is 0 Å². The standard InChI is InChI=1S/C13H19NO4/c1-4-5-9(15)12-10(16)6-8(7-11(12)17)13(18)14(2)3/h8,12H,4-7H2,1-3H3. The number of hydrogen-bond donors (Lipinski definition) is 0. The summed E-state index contributed by atoms with van der Waals surface area (Å²) in [5.74, 6) is -3.03. The maximum absolute atomic E-state index is 11.8. The third kappa shape index (κ3) is 3.03. The number of rotatable bonds is 4. The highest BCUT2D eigenvalue weighted by Gasteiger charge is 2.41. The highest BCUT2D eigenvalue weighted by Crippen LogP contribution is 2.26. The summed E-state index contributed by atoms with van der Waals surface area (Å²) in [6.45, 7) is 1.83. The second-order valence-corrected chi connectivity index (χ2v) is 4.92. The zero-order chi connectivity index (χ0) is 13.9. The van der Waals surface area contributed by atoms with Crippen molar-refractivity contribution in [1.29, 1.82) is 0 Å². The fourth-order valence-corrected chi connectivity index (χ4v) is 2.26. The molecule has 1 amide bonds. The number of amides is 1. The lowest BCUT2D eigenvalue weighted by atomic mass is 9.77. The van der Waals surface area contributed by atoms with E-state index in [4.69, 9.17) is 0 Å². The molecule has 5 heteroatoms. The Kier molecular flexibility index (Phi) is 4.76. The minimum atomic E-state index is -1.11. The predicted molar refractivity (Wildman–Crippen MR) is 64.8 cm³/mol. The molecule has 0 atom stereocenters. The molecule has 0 spiro atoms. The molecular weight excluding hydrogens is 234 g/mol. The van der Waals surface area contributed by atoms with Gasteiger partial charge in [-0.1, -0.05) is 6.92 Å². The summed E-state index contributed by atoms with van der Waals surface area (Å²) in [6.07, 6.45) is 0.871. The second kappa shape index (κ2) is 5.89. The molecule has 100 valence electrons. The van der Waals surface area contributed by atoms with Crippen molar-refractivity contribution in [2.24, 2.45) is 11.8 Å². The monoisotopic (exact) mass is 253 g/mol. The maximum atomic E-state index is 11.8. The first-order valence-corrected chi connectivity index (χ1v) is 6.17. The van der Waals surface area contributed by atoms with Crippen molar-refractivity contribution in [2.45, 2.75) is 32.6 Å². The molecule has 1 aliphatic carbocycles. The van der Waals surface area contributed by atoms with Gasteiger partial charge in [-0.2, -0.15) is 0 Å². The van der Waals surface area contributed by atoms with Crippen LogP contribution in [-0.2, 0) is 19.2 Å². The summed E-state index contributed by atoms with van der Waals surface area (Å²) in [5.41, 5.74) is 0. The van der Waals surface area contributed by atoms with E-state index in [1.54, 1.807) is 14.1 Å². The number of nitrogens with zero attached hydrogens (tertiary/aromatic N) is 1. The lowest BCUT2D eigenvalue weighted by Crippen LogP contribution is -2.43. The molecule has 0 radical (unpaired) electrons. The molecule has 0 unspecified atom stereocenters. The molecule has 1 aliphatic rings. The van der Waals surface area contributed by atoms with E-state index in [2.05, 4.69) is 0 Å². The zero-order valence-electron chi connectivity index (χ0n) is 11.1. The van der Waals surface area contributed by atoms with E-state index in [1.165, 1.54) is 4.90 Å². The van der Waals surface area contributed by atoms with E-state index in [0.29, 0.717) is 6.42 Å². The predicted octanol–water partition coefficient (Wildman–Crippen LogP) is 0.608. The van der Waals surface area contributed by atoms with Gasteiger partial charge in [-0.25, -0.2) is 0 Å². The van der Waals surface area contributed by atoms with Gasteiger partial charge >= 0.3 is 0 Å². The van der Waals surface area contributed by atoms with E-state index in [0.717, 1.165) is 0 Å². The number of Topliss-reactive ketones (excluding diaryl/α,β-unsaturated/α-hetero) is 3. The summed E-state index contributed by atoms with van der Waals surface area (Å²) in [6, 6.07) is 0. The first-order chi connectivity index (χ1) is 8.38. The van der Waals surface area contributed by atoms with Gasteiger partial charge in [-0.15, -0.1) is 0 Å². The van der Waals surface area contributed by atoms with Crippen LogP contribution in [0.5, 0.6) is 0 Å². The van der Waals surface area contributed by atoms with Crippen LogP contribution in [0.15, 0.2) is 0 Å². The van der Waals surface area contributed by atoms with E-state index in [9.17, 15) is 19.2 Å². The van der Waals surface area contributed by atoms with Gasteiger partial charge in [0.1, 0.15) is 5.92 Å². The van der Waals surface area contributed by atoms with Gasteiger partial charge in [0, 0.05) is 33.4 Å². The van der Waals surface area contributed by atoms with Gasteiger partial charge in [0.25, 0.3) is 0 Å². The van der Waals surface area contributed by atoms with Gasteiger partial charge in [0.2, 0.25) is 5.91 Å². The Morgan fingerprint density at radius 1 is 1.17 bits per heavy atom. The molecule has 18 heavy (non-hydrogen) atoms. The summed E-state index contributed by atoms with van der Waals surface area (Å²) >= 11 is 0. The third-order valence-electron chi connectivity index (χ3n) is 3.15. The molecule has 5 nitrogen and oxygen atoms in total. The molecule has 1 fully saturated rings. The smallest absolute Gasteiger partial charge is 0.226 e. The highest BCUT2D eigenvalue weighted by molar-refractivity contribution is 6.21. The molecule has 0 heterocycles. The van der Waals surface area contributed by atoms with Crippen molar-refractivity contribution in [1.82, 2.24) is 4.90 Å². The van der Waals surface area contributed by atoms with E-state index >= 15 is 0 Å². The molecule has 1 rings (SSSR count). The number of ketones is 3. The van der Waals surface area contributed by atoms with Gasteiger partial charge in [-0.05, 0) is 6.42 Å². The Balaban J connectivity index is 2.78. The van der Waals surface area contributed by atoms with Crippen LogP contribution in [0.4, 0.5) is 0 Å². The van der Waals surface area contributed by atoms with Crippen LogP contribution in [0, 0.1) is 11.8 Å².